The molecule has 0 radical (unpaired) electrons. The highest BCUT2D eigenvalue weighted by Gasteiger charge is 2.21. The zero-order valence-corrected chi connectivity index (χ0v) is 9.30. The van der Waals surface area contributed by atoms with Crippen molar-refractivity contribution < 1.29 is 5.11 Å². The fraction of sp³-hybridized carbons (Fsp3) is 0.667. The van der Waals surface area contributed by atoms with Crippen LogP contribution in [0.15, 0.2) is 16.8 Å². The van der Waals surface area contributed by atoms with Gasteiger partial charge < -0.3 is 5.11 Å². The zero-order valence-electron chi connectivity index (χ0n) is 8.48. The summed E-state index contributed by atoms with van der Waals surface area (Å²) in [6.45, 7) is 0. The Kier molecular flexibility index (Phi) is 3.60. The molecule has 0 aliphatic heterocycles. The molecular formula is C12H18OS. The lowest BCUT2D eigenvalue weighted by molar-refractivity contribution is 0.0852. The van der Waals surface area contributed by atoms with Gasteiger partial charge in [-0.1, -0.05) is 19.3 Å². The van der Waals surface area contributed by atoms with E-state index in [0.29, 0.717) is 5.92 Å². The first-order valence-electron chi connectivity index (χ1n) is 5.55. The van der Waals surface area contributed by atoms with E-state index in [0.717, 1.165) is 6.42 Å². The minimum atomic E-state index is -0.107. The van der Waals surface area contributed by atoms with E-state index in [1.807, 2.05) is 0 Å². The number of hydrogen-bond acceptors (Lipinski definition) is 2. The van der Waals surface area contributed by atoms with Gasteiger partial charge in [0.2, 0.25) is 0 Å². The molecule has 0 saturated heterocycles. The largest absolute Gasteiger partial charge is 0.392 e. The zero-order chi connectivity index (χ0) is 9.80. The average Bonchev–Trinajstić information content (AvgIpc) is 2.72. The van der Waals surface area contributed by atoms with Crippen molar-refractivity contribution in [2.24, 2.45) is 5.92 Å². The van der Waals surface area contributed by atoms with E-state index in [9.17, 15) is 5.11 Å². The van der Waals surface area contributed by atoms with Gasteiger partial charge in [-0.3, -0.25) is 0 Å². The van der Waals surface area contributed by atoms with Crippen LogP contribution in [0, 0.1) is 5.92 Å². The second-order valence-electron chi connectivity index (χ2n) is 4.30. The summed E-state index contributed by atoms with van der Waals surface area (Å²) in [7, 11) is 0. The number of hydrogen-bond donors (Lipinski definition) is 1. The van der Waals surface area contributed by atoms with E-state index < -0.39 is 0 Å². The van der Waals surface area contributed by atoms with Gasteiger partial charge in [0, 0.05) is 0 Å². The van der Waals surface area contributed by atoms with Gasteiger partial charge in [0.15, 0.2) is 0 Å². The molecule has 1 saturated carbocycles. The van der Waals surface area contributed by atoms with Crippen molar-refractivity contribution in [1.82, 2.24) is 0 Å². The van der Waals surface area contributed by atoms with Crippen LogP contribution < -0.4 is 0 Å². The molecule has 14 heavy (non-hydrogen) atoms. The Bertz CT molecular complexity index is 249. The summed E-state index contributed by atoms with van der Waals surface area (Å²) in [5.74, 6) is 0.559. The Labute approximate surface area is 89.8 Å². The molecule has 0 bridgehead atoms. The number of rotatable bonds is 3. The molecule has 2 heteroatoms. The summed E-state index contributed by atoms with van der Waals surface area (Å²) in [5, 5.41) is 14.3. The van der Waals surface area contributed by atoms with Crippen LogP contribution in [-0.4, -0.2) is 11.2 Å². The van der Waals surface area contributed by atoms with Gasteiger partial charge in [0.05, 0.1) is 6.10 Å². The van der Waals surface area contributed by atoms with Gasteiger partial charge in [0.1, 0.15) is 0 Å². The summed E-state index contributed by atoms with van der Waals surface area (Å²) in [6.07, 6.45) is 7.19. The van der Waals surface area contributed by atoms with Crippen molar-refractivity contribution >= 4 is 11.3 Å². The third kappa shape index (κ3) is 2.58. The molecule has 0 spiro atoms. The van der Waals surface area contributed by atoms with E-state index in [-0.39, 0.29) is 6.10 Å². The fourth-order valence-corrected chi connectivity index (χ4v) is 3.02. The van der Waals surface area contributed by atoms with Crippen molar-refractivity contribution in [2.75, 3.05) is 0 Å². The van der Waals surface area contributed by atoms with Crippen LogP contribution in [0.25, 0.3) is 0 Å². The lowest BCUT2D eigenvalue weighted by Gasteiger charge is -2.26. The van der Waals surface area contributed by atoms with Gasteiger partial charge in [0.25, 0.3) is 0 Å². The summed E-state index contributed by atoms with van der Waals surface area (Å²) in [4.78, 5) is 0. The standard InChI is InChI=1S/C12H18OS/c13-12(8-10-6-7-14-9-10)11-4-2-1-3-5-11/h6-7,9,11-13H,1-5,8H2. The molecule has 1 aromatic rings. The number of thiophene rings is 1. The lowest BCUT2D eigenvalue weighted by atomic mass is 9.83. The van der Waals surface area contributed by atoms with Crippen molar-refractivity contribution in [3.63, 3.8) is 0 Å². The summed E-state index contributed by atoms with van der Waals surface area (Å²) < 4.78 is 0. The minimum Gasteiger partial charge on any atom is -0.392 e. The monoisotopic (exact) mass is 210 g/mol. The van der Waals surface area contributed by atoms with Gasteiger partial charge in [-0.2, -0.15) is 11.3 Å². The molecule has 1 fully saturated rings. The Hall–Kier alpha value is -0.340. The SMILES string of the molecule is OC(Cc1ccsc1)C1CCCCC1. The molecule has 1 unspecified atom stereocenters. The molecule has 1 aliphatic rings. The molecule has 1 N–H and O–H groups in total. The van der Waals surface area contributed by atoms with E-state index in [4.69, 9.17) is 0 Å². The second-order valence-corrected chi connectivity index (χ2v) is 5.08. The Morgan fingerprint density at radius 1 is 1.36 bits per heavy atom. The first-order valence-corrected chi connectivity index (χ1v) is 6.49. The second kappa shape index (κ2) is 4.94. The van der Waals surface area contributed by atoms with Gasteiger partial charge in [-0.05, 0) is 47.6 Å². The van der Waals surface area contributed by atoms with E-state index >= 15 is 0 Å². The van der Waals surface area contributed by atoms with Crippen molar-refractivity contribution in [3.05, 3.63) is 22.4 Å². The maximum Gasteiger partial charge on any atom is 0.0609 e. The van der Waals surface area contributed by atoms with Crippen LogP contribution in [-0.2, 0) is 6.42 Å². The maximum atomic E-state index is 10.1. The average molecular weight is 210 g/mol. The molecule has 2 rings (SSSR count). The molecular weight excluding hydrogens is 192 g/mol. The van der Waals surface area contributed by atoms with Gasteiger partial charge >= 0.3 is 0 Å². The maximum absolute atomic E-state index is 10.1. The summed E-state index contributed by atoms with van der Waals surface area (Å²) in [6, 6.07) is 2.12. The van der Waals surface area contributed by atoms with E-state index in [1.54, 1.807) is 11.3 Å². The van der Waals surface area contributed by atoms with Gasteiger partial charge in [-0.25, -0.2) is 0 Å². The third-order valence-electron chi connectivity index (χ3n) is 3.22. The van der Waals surface area contributed by atoms with Gasteiger partial charge in [-0.15, -0.1) is 0 Å². The Morgan fingerprint density at radius 2 is 2.14 bits per heavy atom. The van der Waals surface area contributed by atoms with Crippen LogP contribution in [0.4, 0.5) is 0 Å². The first kappa shape index (κ1) is 10.2. The number of aliphatic hydroxyl groups excluding tert-OH is 1. The fourth-order valence-electron chi connectivity index (χ4n) is 2.34. The molecule has 78 valence electrons. The van der Waals surface area contributed by atoms with Crippen molar-refractivity contribution in [3.8, 4) is 0 Å². The predicted octanol–water partition coefficient (Wildman–Crippen LogP) is 3.23. The molecule has 1 aliphatic carbocycles. The van der Waals surface area contributed by atoms with Crippen LogP contribution in [0.2, 0.25) is 0 Å². The first-order chi connectivity index (χ1) is 6.86. The number of aliphatic hydroxyl groups is 1. The van der Waals surface area contributed by atoms with Crippen molar-refractivity contribution in [2.45, 2.75) is 44.6 Å². The van der Waals surface area contributed by atoms with Crippen molar-refractivity contribution in [1.29, 1.82) is 0 Å². The highest BCUT2D eigenvalue weighted by molar-refractivity contribution is 7.07. The molecule has 1 nitrogen and oxygen atoms in total. The lowest BCUT2D eigenvalue weighted by Crippen LogP contribution is -2.24. The van der Waals surface area contributed by atoms with E-state index in [1.165, 1.54) is 37.7 Å². The summed E-state index contributed by atoms with van der Waals surface area (Å²) >= 11 is 1.72. The highest BCUT2D eigenvalue weighted by atomic mass is 32.1. The van der Waals surface area contributed by atoms with Crippen LogP contribution >= 0.6 is 11.3 Å². The van der Waals surface area contributed by atoms with Crippen LogP contribution in [0.5, 0.6) is 0 Å². The smallest absolute Gasteiger partial charge is 0.0609 e. The Balaban J connectivity index is 1.85. The summed E-state index contributed by atoms with van der Waals surface area (Å²) in [5.41, 5.74) is 1.30. The molecule has 0 amide bonds. The Morgan fingerprint density at radius 3 is 2.79 bits per heavy atom. The molecule has 0 aromatic carbocycles. The normalized spacial score (nSPS) is 20.9. The minimum absolute atomic E-state index is 0.107. The topological polar surface area (TPSA) is 20.2 Å². The molecule has 1 heterocycles. The van der Waals surface area contributed by atoms with Crippen LogP contribution in [0.3, 0.4) is 0 Å². The van der Waals surface area contributed by atoms with E-state index in [2.05, 4.69) is 16.8 Å². The van der Waals surface area contributed by atoms with Crippen LogP contribution in [0.1, 0.15) is 37.7 Å². The third-order valence-corrected chi connectivity index (χ3v) is 3.95. The predicted molar refractivity (Wildman–Crippen MR) is 60.6 cm³/mol. The quantitative estimate of drug-likeness (QED) is 0.812. The molecule has 1 atom stereocenters. The highest BCUT2D eigenvalue weighted by Crippen LogP contribution is 2.28. The molecule has 1 aromatic heterocycles.